The van der Waals surface area contributed by atoms with Crippen LogP contribution in [0, 0.1) is 18.6 Å². The maximum Gasteiger partial charge on any atom is 0.257 e. The molecular weight excluding hydrogens is 466 g/mol. The molecule has 2 amide bonds. The molecule has 9 heteroatoms. The van der Waals surface area contributed by atoms with Gasteiger partial charge in [-0.2, -0.15) is 0 Å². The summed E-state index contributed by atoms with van der Waals surface area (Å²) in [5.41, 5.74) is 2.22. The van der Waals surface area contributed by atoms with Gasteiger partial charge in [0.2, 0.25) is 5.91 Å². The molecule has 2 heterocycles. The molecule has 0 bridgehead atoms. The first-order valence-corrected chi connectivity index (χ1v) is 12.2. The van der Waals surface area contributed by atoms with E-state index in [1.807, 2.05) is 37.3 Å². The highest BCUT2D eigenvalue weighted by molar-refractivity contribution is 8.00. The molecule has 1 aliphatic heterocycles. The van der Waals surface area contributed by atoms with Crippen molar-refractivity contribution in [3.05, 3.63) is 71.3 Å². The number of hydrogen-bond donors (Lipinski definition) is 1. The molecule has 2 aromatic carbocycles. The number of amides is 2. The molecule has 0 radical (unpaired) electrons. The summed E-state index contributed by atoms with van der Waals surface area (Å²) in [7, 11) is 0. The zero-order valence-electron chi connectivity index (χ0n) is 17.9. The van der Waals surface area contributed by atoms with Crippen molar-refractivity contribution < 1.29 is 23.1 Å². The Morgan fingerprint density at radius 1 is 1.12 bits per heavy atom. The van der Waals surface area contributed by atoms with Gasteiger partial charge in [0.05, 0.1) is 24.5 Å². The molecule has 0 spiro atoms. The summed E-state index contributed by atoms with van der Waals surface area (Å²) < 4.78 is 32.4. The van der Waals surface area contributed by atoms with Crippen molar-refractivity contribution in [1.82, 2.24) is 4.90 Å². The number of rotatable bonds is 6. The number of nitrogens with one attached hydrogen (secondary N) is 1. The molecule has 3 aromatic rings. The lowest BCUT2D eigenvalue weighted by molar-refractivity contribution is -0.113. The maximum absolute atomic E-state index is 13.9. The topological polar surface area (TPSA) is 58.6 Å². The predicted molar refractivity (Wildman–Crippen MR) is 127 cm³/mol. The van der Waals surface area contributed by atoms with E-state index in [0.717, 1.165) is 39.9 Å². The van der Waals surface area contributed by atoms with Crippen LogP contribution in [0.1, 0.15) is 15.9 Å². The van der Waals surface area contributed by atoms with Gasteiger partial charge in [-0.25, -0.2) is 8.78 Å². The van der Waals surface area contributed by atoms with Crippen molar-refractivity contribution in [2.24, 2.45) is 0 Å². The second-order valence-corrected chi connectivity index (χ2v) is 9.48. The van der Waals surface area contributed by atoms with Gasteiger partial charge in [-0.15, -0.1) is 23.1 Å². The van der Waals surface area contributed by atoms with Crippen LogP contribution in [-0.4, -0.2) is 48.8 Å². The van der Waals surface area contributed by atoms with E-state index in [4.69, 9.17) is 4.74 Å². The minimum absolute atomic E-state index is 0.0780. The van der Waals surface area contributed by atoms with Gasteiger partial charge in [0, 0.05) is 28.9 Å². The quantitative estimate of drug-likeness (QED) is 0.485. The number of carbonyl (C=O) groups is 2. The Kier molecular flexibility index (Phi) is 7.42. The number of halogens is 2. The molecule has 4 rings (SSSR count). The Morgan fingerprint density at radius 2 is 1.85 bits per heavy atom. The van der Waals surface area contributed by atoms with E-state index in [0.29, 0.717) is 36.9 Å². The second kappa shape index (κ2) is 10.5. The lowest BCUT2D eigenvalue weighted by Crippen LogP contribution is -2.41. The standard InChI is InChI=1S/C24H22F2N2O3S2/c1-15-21(24(30)28-9-11-31-12-10-28)23(33-22(15)16-5-3-2-4-6-16)27-20(29)14-32-19-8-7-17(25)13-18(19)26/h2-8,13H,9-12,14H2,1H3,(H,27,29). The number of nitrogens with zero attached hydrogens (tertiary/aromatic N) is 1. The average Bonchev–Trinajstić information content (AvgIpc) is 3.14. The van der Waals surface area contributed by atoms with Gasteiger partial charge in [0.15, 0.2) is 0 Å². The minimum Gasteiger partial charge on any atom is -0.378 e. The monoisotopic (exact) mass is 488 g/mol. The van der Waals surface area contributed by atoms with Crippen LogP contribution in [-0.2, 0) is 9.53 Å². The van der Waals surface area contributed by atoms with Crippen LogP contribution in [0.4, 0.5) is 13.8 Å². The SMILES string of the molecule is Cc1c(-c2ccccc2)sc(NC(=O)CSc2ccc(F)cc2F)c1C(=O)N1CCOCC1. The van der Waals surface area contributed by atoms with Crippen molar-refractivity contribution in [3.8, 4) is 10.4 Å². The Balaban J connectivity index is 1.58. The summed E-state index contributed by atoms with van der Waals surface area (Å²) in [5, 5.41) is 3.31. The van der Waals surface area contributed by atoms with Crippen LogP contribution in [0.25, 0.3) is 10.4 Å². The summed E-state index contributed by atoms with van der Waals surface area (Å²) in [6, 6.07) is 12.9. The van der Waals surface area contributed by atoms with E-state index in [1.165, 1.54) is 17.4 Å². The zero-order chi connectivity index (χ0) is 23.4. The molecule has 0 unspecified atom stereocenters. The fraction of sp³-hybridized carbons (Fsp3) is 0.250. The van der Waals surface area contributed by atoms with Crippen LogP contribution in [0.3, 0.4) is 0 Å². The van der Waals surface area contributed by atoms with Crippen LogP contribution < -0.4 is 5.32 Å². The zero-order valence-corrected chi connectivity index (χ0v) is 19.5. The maximum atomic E-state index is 13.9. The molecule has 172 valence electrons. The summed E-state index contributed by atoms with van der Waals surface area (Å²) in [5.74, 6) is -1.99. The molecule has 5 nitrogen and oxygen atoms in total. The molecule has 33 heavy (non-hydrogen) atoms. The number of thioether (sulfide) groups is 1. The first-order valence-electron chi connectivity index (χ1n) is 10.4. The van der Waals surface area contributed by atoms with Crippen molar-refractivity contribution in [1.29, 1.82) is 0 Å². The van der Waals surface area contributed by atoms with Gasteiger partial charge in [-0.1, -0.05) is 30.3 Å². The highest BCUT2D eigenvalue weighted by atomic mass is 32.2. The first kappa shape index (κ1) is 23.4. The van der Waals surface area contributed by atoms with Crippen molar-refractivity contribution in [2.45, 2.75) is 11.8 Å². The van der Waals surface area contributed by atoms with Gasteiger partial charge in [0.1, 0.15) is 16.6 Å². The number of morpholine rings is 1. The highest BCUT2D eigenvalue weighted by Gasteiger charge is 2.28. The van der Waals surface area contributed by atoms with Gasteiger partial charge < -0.3 is 15.0 Å². The number of hydrogen-bond acceptors (Lipinski definition) is 5. The van der Waals surface area contributed by atoms with E-state index < -0.39 is 11.6 Å². The highest BCUT2D eigenvalue weighted by Crippen LogP contribution is 2.40. The van der Waals surface area contributed by atoms with E-state index in [1.54, 1.807) is 4.90 Å². The number of ether oxygens (including phenoxy) is 1. The minimum atomic E-state index is -0.714. The van der Waals surface area contributed by atoms with Crippen LogP contribution in [0.15, 0.2) is 53.4 Å². The molecule has 0 saturated carbocycles. The first-order chi connectivity index (χ1) is 15.9. The fourth-order valence-electron chi connectivity index (χ4n) is 3.55. The third-order valence-corrected chi connectivity index (χ3v) is 7.51. The second-order valence-electron chi connectivity index (χ2n) is 7.44. The van der Waals surface area contributed by atoms with Gasteiger partial charge in [-0.05, 0) is 30.2 Å². The summed E-state index contributed by atoms with van der Waals surface area (Å²) in [6.45, 7) is 3.80. The molecule has 1 aliphatic rings. The van der Waals surface area contributed by atoms with E-state index >= 15 is 0 Å². The largest absolute Gasteiger partial charge is 0.378 e. The summed E-state index contributed by atoms with van der Waals surface area (Å²) in [6.07, 6.45) is 0. The molecule has 0 atom stereocenters. The normalized spacial score (nSPS) is 13.7. The van der Waals surface area contributed by atoms with Crippen molar-refractivity contribution in [3.63, 3.8) is 0 Å². The Bertz CT molecular complexity index is 1160. The molecule has 1 saturated heterocycles. The summed E-state index contributed by atoms with van der Waals surface area (Å²) >= 11 is 2.31. The van der Waals surface area contributed by atoms with Crippen LogP contribution >= 0.6 is 23.1 Å². The van der Waals surface area contributed by atoms with Crippen molar-refractivity contribution in [2.75, 3.05) is 37.4 Å². The van der Waals surface area contributed by atoms with E-state index in [2.05, 4.69) is 5.32 Å². The molecule has 1 fully saturated rings. The molecule has 0 aliphatic carbocycles. The smallest absolute Gasteiger partial charge is 0.257 e. The third kappa shape index (κ3) is 5.43. The average molecular weight is 489 g/mol. The van der Waals surface area contributed by atoms with Gasteiger partial charge >= 0.3 is 0 Å². The summed E-state index contributed by atoms with van der Waals surface area (Å²) in [4.78, 5) is 28.9. The number of benzene rings is 2. The lowest BCUT2D eigenvalue weighted by atomic mass is 10.1. The third-order valence-electron chi connectivity index (χ3n) is 5.20. The van der Waals surface area contributed by atoms with Crippen LogP contribution in [0.2, 0.25) is 0 Å². The predicted octanol–water partition coefficient (Wildman–Crippen LogP) is 5.20. The molecule has 1 aromatic heterocycles. The number of carbonyl (C=O) groups excluding carboxylic acids is 2. The van der Waals surface area contributed by atoms with Crippen molar-refractivity contribution >= 4 is 39.9 Å². The Morgan fingerprint density at radius 3 is 2.55 bits per heavy atom. The number of thiophene rings is 1. The van der Waals surface area contributed by atoms with E-state index in [9.17, 15) is 18.4 Å². The van der Waals surface area contributed by atoms with Gasteiger partial charge in [-0.3, -0.25) is 9.59 Å². The Labute approximate surface area is 198 Å². The Hall–Kier alpha value is -2.75. The van der Waals surface area contributed by atoms with E-state index in [-0.39, 0.29) is 22.5 Å². The molecule has 1 N–H and O–H groups in total. The number of anilines is 1. The molecular formula is C24H22F2N2O3S2. The fourth-order valence-corrected chi connectivity index (χ4v) is 5.49. The lowest BCUT2D eigenvalue weighted by Gasteiger charge is -2.27. The van der Waals surface area contributed by atoms with Gasteiger partial charge in [0.25, 0.3) is 5.91 Å². The van der Waals surface area contributed by atoms with Crippen LogP contribution in [0.5, 0.6) is 0 Å².